The molecule has 7 heteroatoms. The Morgan fingerprint density at radius 1 is 1.00 bits per heavy atom. The van der Waals surface area contributed by atoms with Gasteiger partial charge in [0.2, 0.25) is 0 Å². The second-order valence-electron chi connectivity index (χ2n) is 9.77. The third-order valence-corrected chi connectivity index (χ3v) is 10.9. The summed E-state index contributed by atoms with van der Waals surface area (Å²) in [6.07, 6.45) is 4.12. The summed E-state index contributed by atoms with van der Waals surface area (Å²) >= 11 is 5.84. The average molecular weight is 485 g/mol. The number of benzene rings is 1. The minimum atomic E-state index is -1.76. The van der Waals surface area contributed by atoms with Gasteiger partial charge in [0.25, 0.3) is 5.56 Å². The molecule has 3 rings (SSSR count). The number of pyridine rings is 2. The minimum Gasteiger partial charge on any atom is -0.487 e. The molecule has 0 spiro atoms. The molecule has 1 aromatic carbocycles. The maximum Gasteiger partial charge on any atom is 0.254 e. The van der Waals surface area contributed by atoms with E-state index in [-0.39, 0.29) is 17.2 Å². The van der Waals surface area contributed by atoms with E-state index in [9.17, 15) is 4.79 Å². The number of ether oxygens (including phenoxy) is 1. The summed E-state index contributed by atoms with van der Waals surface area (Å²) in [6, 6.07) is 15.3. The molecule has 2 aromatic heterocycles. The monoisotopic (exact) mass is 484 g/mol. The summed E-state index contributed by atoms with van der Waals surface area (Å²) in [5.74, 6) is 0.527. The van der Waals surface area contributed by atoms with E-state index in [0.29, 0.717) is 23.9 Å². The van der Waals surface area contributed by atoms with Gasteiger partial charge in [-0.05, 0) is 53.9 Å². The van der Waals surface area contributed by atoms with Crippen molar-refractivity contribution in [2.45, 2.75) is 65.1 Å². The normalized spacial score (nSPS) is 12.1. The fourth-order valence-electron chi connectivity index (χ4n) is 2.95. The first-order valence-electron chi connectivity index (χ1n) is 11.2. The number of hydrogen-bond donors (Lipinski definition) is 0. The van der Waals surface area contributed by atoms with Gasteiger partial charge in [-0.25, -0.2) is 0 Å². The smallest absolute Gasteiger partial charge is 0.254 e. The molecule has 0 aliphatic carbocycles. The third kappa shape index (κ3) is 7.29. The van der Waals surface area contributed by atoms with Gasteiger partial charge in [0.15, 0.2) is 8.32 Å². The van der Waals surface area contributed by atoms with Crippen molar-refractivity contribution in [3.8, 4) is 5.75 Å². The topological polar surface area (TPSA) is 53.4 Å². The first-order chi connectivity index (χ1) is 15.5. The molecule has 0 aliphatic rings. The lowest BCUT2D eigenvalue weighted by molar-refractivity contribution is 0.276. The highest BCUT2D eigenvalue weighted by atomic mass is 35.5. The molecule has 0 unspecified atom stereocenters. The van der Waals surface area contributed by atoms with Crippen molar-refractivity contribution in [3.05, 3.63) is 93.1 Å². The van der Waals surface area contributed by atoms with E-state index in [1.165, 1.54) is 17.2 Å². The molecular weight excluding hydrogens is 452 g/mol. The number of aryl methyl sites for hydroxylation is 2. The van der Waals surface area contributed by atoms with Crippen LogP contribution in [0.25, 0.3) is 0 Å². The predicted octanol–water partition coefficient (Wildman–Crippen LogP) is 6.24. The van der Waals surface area contributed by atoms with Crippen LogP contribution in [0.15, 0.2) is 65.7 Å². The Bertz CT molecular complexity index is 1100. The average Bonchev–Trinajstić information content (AvgIpc) is 2.77. The standard InChI is InChI=1S/C26H33ClN2O3Si/c1-26(2,3)33(4,5)32-18-21-8-6-20(7-9-21)12-14-29-15-13-24(16-25(29)30)31-19-23-11-10-22(27)17-28-23/h6-11,13,15-17H,12,14,18-19H2,1-5H3. The van der Waals surface area contributed by atoms with Crippen LogP contribution in [0.1, 0.15) is 37.6 Å². The fourth-order valence-corrected chi connectivity index (χ4v) is 4.02. The van der Waals surface area contributed by atoms with Crippen molar-refractivity contribution in [1.82, 2.24) is 9.55 Å². The van der Waals surface area contributed by atoms with Crippen molar-refractivity contribution in [2.75, 3.05) is 0 Å². The Hall–Kier alpha value is -2.41. The molecule has 0 saturated carbocycles. The summed E-state index contributed by atoms with van der Waals surface area (Å²) < 4.78 is 13.7. The van der Waals surface area contributed by atoms with Gasteiger partial charge in [0.05, 0.1) is 17.3 Å². The Balaban J connectivity index is 1.51. The van der Waals surface area contributed by atoms with Gasteiger partial charge in [-0.2, -0.15) is 0 Å². The van der Waals surface area contributed by atoms with E-state index in [0.717, 1.165) is 12.1 Å². The second-order valence-corrected chi connectivity index (χ2v) is 15.0. The lowest BCUT2D eigenvalue weighted by Crippen LogP contribution is -2.40. The van der Waals surface area contributed by atoms with Crippen LogP contribution in [0.3, 0.4) is 0 Å². The van der Waals surface area contributed by atoms with Crippen LogP contribution in [0, 0.1) is 0 Å². The van der Waals surface area contributed by atoms with E-state index >= 15 is 0 Å². The van der Waals surface area contributed by atoms with Gasteiger partial charge in [-0.3, -0.25) is 9.78 Å². The quantitative estimate of drug-likeness (QED) is 0.337. The van der Waals surface area contributed by atoms with Crippen molar-refractivity contribution in [3.63, 3.8) is 0 Å². The first-order valence-corrected chi connectivity index (χ1v) is 14.5. The maximum atomic E-state index is 12.5. The van der Waals surface area contributed by atoms with Crippen molar-refractivity contribution < 1.29 is 9.16 Å². The van der Waals surface area contributed by atoms with Gasteiger partial charge in [0.1, 0.15) is 12.4 Å². The van der Waals surface area contributed by atoms with Crippen molar-refractivity contribution in [1.29, 1.82) is 0 Å². The molecule has 0 atom stereocenters. The highest BCUT2D eigenvalue weighted by Crippen LogP contribution is 2.37. The fraction of sp³-hybridized carbons (Fsp3) is 0.385. The molecule has 176 valence electrons. The van der Waals surface area contributed by atoms with Crippen LogP contribution < -0.4 is 10.3 Å². The third-order valence-electron chi connectivity index (χ3n) is 6.21. The molecule has 0 radical (unpaired) electrons. The molecule has 0 aliphatic heterocycles. The Labute approximate surface area is 202 Å². The molecule has 0 bridgehead atoms. The molecule has 3 aromatic rings. The highest BCUT2D eigenvalue weighted by molar-refractivity contribution is 6.74. The highest BCUT2D eigenvalue weighted by Gasteiger charge is 2.36. The van der Waals surface area contributed by atoms with E-state index in [4.69, 9.17) is 20.8 Å². The van der Waals surface area contributed by atoms with Crippen molar-refractivity contribution >= 4 is 19.9 Å². The zero-order valence-electron chi connectivity index (χ0n) is 20.1. The number of halogens is 1. The van der Waals surface area contributed by atoms with Crippen LogP contribution in [-0.2, 0) is 30.6 Å². The Kier molecular flexibility index (Phi) is 8.16. The Morgan fingerprint density at radius 2 is 1.70 bits per heavy atom. The van der Waals surface area contributed by atoms with Gasteiger partial charge < -0.3 is 13.7 Å². The van der Waals surface area contributed by atoms with Gasteiger partial charge >= 0.3 is 0 Å². The molecule has 33 heavy (non-hydrogen) atoms. The summed E-state index contributed by atoms with van der Waals surface area (Å²) in [5.41, 5.74) is 3.03. The lowest BCUT2D eigenvalue weighted by atomic mass is 10.1. The molecule has 0 fully saturated rings. The van der Waals surface area contributed by atoms with E-state index in [2.05, 4.69) is 63.1 Å². The molecule has 5 nitrogen and oxygen atoms in total. The lowest BCUT2D eigenvalue weighted by Gasteiger charge is -2.36. The minimum absolute atomic E-state index is 0.0871. The number of hydrogen-bond acceptors (Lipinski definition) is 4. The molecule has 0 N–H and O–H groups in total. The number of rotatable bonds is 9. The van der Waals surface area contributed by atoms with E-state index in [1.807, 2.05) is 0 Å². The summed E-state index contributed by atoms with van der Waals surface area (Å²) in [5, 5.41) is 0.781. The second kappa shape index (κ2) is 10.7. The summed E-state index contributed by atoms with van der Waals surface area (Å²) in [4.78, 5) is 16.7. The van der Waals surface area contributed by atoms with Crippen LogP contribution in [0.2, 0.25) is 23.2 Å². The van der Waals surface area contributed by atoms with Gasteiger partial charge in [-0.15, -0.1) is 0 Å². The molecule has 0 saturated heterocycles. The molecule has 0 amide bonds. The number of aromatic nitrogens is 2. The molecular formula is C26H33ClN2O3Si. The van der Waals surface area contributed by atoms with Crippen LogP contribution >= 0.6 is 11.6 Å². The molecule has 2 heterocycles. The van der Waals surface area contributed by atoms with E-state index < -0.39 is 8.32 Å². The first kappa shape index (κ1) is 25.2. The van der Waals surface area contributed by atoms with Gasteiger partial charge in [0, 0.05) is 25.0 Å². The maximum absolute atomic E-state index is 12.5. The van der Waals surface area contributed by atoms with Crippen LogP contribution in [-0.4, -0.2) is 17.9 Å². The largest absolute Gasteiger partial charge is 0.487 e. The SMILES string of the molecule is CC(C)(C)[Si](C)(C)OCc1ccc(CCn2ccc(OCc3ccc(Cl)cn3)cc2=O)cc1. The summed E-state index contributed by atoms with van der Waals surface area (Å²) in [6.45, 7) is 12.8. The summed E-state index contributed by atoms with van der Waals surface area (Å²) in [7, 11) is -1.76. The zero-order valence-corrected chi connectivity index (χ0v) is 21.9. The Morgan fingerprint density at radius 3 is 2.30 bits per heavy atom. The number of nitrogens with zero attached hydrogens (tertiary/aromatic N) is 2. The van der Waals surface area contributed by atoms with E-state index in [1.54, 1.807) is 35.2 Å². The van der Waals surface area contributed by atoms with Crippen molar-refractivity contribution in [2.24, 2.45) is 0 Å². The zero-order chi connectivity index (χ0) is 24.1. The van der Waals surface area contributed by atoms with Gasteiger partial charge in [-0.1, -0.05) is 56.6 Å². The van der Waals surface area contributed by atoms with Crippen LogP contribution in [0.5, 0.6) is 5.75 Å². The predicted molar refractivity (Wildman–Crippen MR) is 136 cm³/mol. The van der Waals surface area contributed by atoms with Crippen LogP contribution in [0.4, 0.5) is 0 Å².